The summed E-state index contributed by atoms with van der Waals surface area (Å²) in [5.74, 6) is -2.36. The minimum atomic E-state index is -1.16. The number of rotatable bonds is 5. The van der Waals surface area contributed by atoms with Gasteiger partial charge in [-0.15, -0.1) is 0 Å². The molecule has 0 radical (unpaired) electrons. The van der Waals surface area contributed by atoms with Crippen LogP contribution >= 0.6 is 0 Å². The zero-order chi connectivity index (χ0) is 18.8. The zero-order valence-corrected chi connectivity index (χ0v) is 14.2. The minimum Gasteiger partial charge on any atom is -0.444 e. The second-order valence-corrected chi connectivity index (χ2v) is 6.31. The van der Waals surface area contributed by atoms with E-state index in [1.807, 2.05) is 0 Å². The van der Waals surface area contributed by atoms with Crippen molar-refractivity contribution in [3.05, 3.63) is 36.0 Å². The van der Waals surface area contributed by atoms with E-state index in [0.29, 0.717) is 6.42 Å². The molecular formula is C18H18F2N2O4. The van der Waals surface area contributed by atoms with E-state index in [9.17, 15) is 23.2 Å². The Morgan fingerprint density at radius 3 is 2.58 bits per heavy atom. The number of carbonyl (C=O) groups is 3. The summed E-state index contributed by atoms with van der Waals surface area (Å²) in [5, 5.41) is 0. The summed E-state index contributed by atoms with van der Waals surface area (Å²) in [6, 6.07) is 2.68. The molecule has 0 N–H and O–H groups in total. The molecule has 6 nitrogen and oxygen atoms in total. The second-order valence-electron chi connectivity index (χ2n) is 6.31. The minimum absolute atomic E-state index is 0.00399. The topological polar surface area (TPSA) is 66.9 Å². The fourth-order valence-electron chi connectivity index (χ4n) is 2.95. The maximum absolute atomic E-state index is 14.6. The quantitative estimate of drug-likeness (QED) is 0.804. The number of hydrogen-bond donors (Lipinski definition) is 0. The summed E-state index contributed by atoms with van der Waals surface area (Å²) in [6.45, 7) is 1.74. The van der Waals surface area contributed by atoms with Gasteiger partial charge in [-0.05, 0) is 31.6 Å². The lowest BCUT2D eigenvalue weighted by Crippen LogP contribution is -2.28. The third kappa shape index (κ3) is 3.58. The lowest BCUT2D eigenvalue weighted by Gasteiger charge is -2.24. The maximum Gasteiger partial charge on any atom is 0.414 e. The molecule has 1 fully saturated rings. The van der Waals surface area contributed by atoms with E-state index >= 15 is 0 Å². The Kier molecular flexibility index (Phi) is 5.01. The monoisotopic (exact) mass is 364 g/mol. The van der Waals surface area contributed by atoms with Crippen molar-refractivity contribution in [3.8, 4) is 0 Å². The smallest absolute Gasteiger partial charge is 0.414 e. The molecule has 0 unspecified atom stereocenters. The van der Waals surface area contributed by atoms with Crippen molar-refractivity contribution in [1.29, 1.82) is 0 Å². The normalized spacial score (nSPS) is 19.9. The number of halogens is 2. The van der Waals surface area contributed by atoms with Crippen LogP contribution in [0.4, 0.5) is 25.0 Å². The summed E-state index contributed by atoms with van der Waals surface area (Å²) < 4.78 is 34.2. The molecule has 2 aliphatic heterocycles. The largest absolute Gasteiger partial charge is 0.444 e. The number of nitrogens with zero attached hydrogens (tertiary/aromatic N) is 2. The van der Waals surface area contributed by atoms with Gasteiger partial charge in [-0.3, -0.25) is 9.69 Å². The number of ketones is 2. The molecule has 0 bridgehead atoms. The first-order valence-corrected chi connectivity index (χ1v) is 8.30. The first-order valence-electron chi connectivity index (χ1n) is 8.30. The Bertz CT molecular complexity index is 794. The molecular weight excluding hydrogens is 346 g/mol. The maximum atomic E-state index is 14.6. The number of hydrogen-bond acceptors (Lipinski definition) is 5. The lowest BCUT2D eigenvalue weighted by atomic mass is 10.1. The molecule has 0 aliphatic carbocycles. The number of amides is 1. The van der Waals surface area contributed by atoms with Gasteiger partial charge >= 0.3 is 6.09 Å². The van der Waals surface area contributed by atoms with E-state index in [0.717, 1.165) is 4.90 Å². The fourth-order valence-corrected chi connectivity index (χ4v) is 2.95. The van der Waals surface area contributed by atoms with E-state index < -0.39 is 23.8 Å². The number of allylic oxidation sites excluding steroid dienone is 1. The third-order valence-corrected chi connectivity index (χ3v) is 4.37. The van der Waals surface area contributed by atoms with E-state index in [1.165, 1.54) is 36.2 Å². The van der Waals surface area contributed by atoms with Crippen LogP contribution in [0.25, 0.3) is 0 Å². The molecule has 0 saturated carbocycles. The fraction of sp³-hybridized carbons (Fsp3) is 0.389. The number of cyclic esters (lactones) is 1. The highest BCUT2D eigenvalue weighted by Crippen LogP contribution is 2.33. The van der Waals surface area contributed by atoms with Crippen LogP contribution in [-0.2, 0) is 14.3 Å². The molecule has 1 saturated heterocycles. The van der Waals surface area contributed by atoms with Crippen LogP contribution < -0.4 is 9.80 Å². The summed E-state index contributed by atoms with van der Waals surface area (Å²) >= 11 is 0. The van der Waals surface area contributed by atoms with Gasteiger partial charge < -0.3 is 14.4 Å². The van der Waals surface area contributed by atoms with E-state index in [2.05, 4.69) is 0 Å². The van der Waals surface area contributed by atoms with Crippen molar-refractivity contribution in [2.24, 2.45) is 0 Å². The molecule has 2 heterocycles. The van der Waals surface area contributed by atoms with Gasteiger partial charge in [-0.2, -0.15) is 0 Å². The van der Waals surface area contributed by atoms with Crippen LogP contribution in [0.5, 0.6) is 0 Å². The molecule has 138 valence electrons. The van der Waals surface area contributed by atoms with Gasteiger partial charge in [0.05, 0.1) is 17.9 Å². The van der Waals surface area contributed by atoms with Crippen molar-refractivity contribution in [2.75, 3.05) is 22.9 Å². The van der Waals surface area contributed by atoms with Crippen molar-refractivity contribution >= 4 is 29.0 Å². The lowest BCUT2D eigenvalue weighted by molar-refractivity contribution is -0.117. The van der Waals surface area contributed by atoms with Crippen molar-refractivity contribution in [1.82, 2.24) is 0 Å². The van der Waals surface area contributed by atoms with Crippen LogP contribution in [-0.4, -0.2) is 36.9 Å². The second kappa shape index (κ2) is 7.23. The van der Waals surface area contributed by atoms with E-state index in [1.54, 1.807) is 0 Å². The predicted molar refractivity (Wildman–Crippen MR) is 90.0 cm³/mol. The summed E-state index contributed by atoms with van der Waals surface area (Å²) in [4.78, 5) is 36.7. The first-order chi connectivity index (χ1) is 12.4. The Morgan fingerprint density at radius 1 is 1.23 bits per heavy atom. The van der Waals surface area contributed by atoms with Crippen molar-refractivity contribution < 1.29 is 27.9 Å². The highest BCUT2D eigenvalue weighted by Gasteiger charge is 2.35. The highest BCUT2D eigenvalue weighted by molar-refractivity contribution is 5.92. The average molecular weight is 364 g/mol. The van der Waals surface area contributed by atoms with Crippen LogP contribution in [0.1, 0.15) is 26.2 Å². The molecule has 8 heteroatoms. The van der Waals surface area contributed by atoms with Gasteiger partial charge in [0, 0.05) is 25.6 Å². The standard InChI is InChI=1S/C18H18F2N2O4/c1-11(23)2-3-13-10-22(18(25)26-13)15-5-4-14(16(19)17(15)20)21-8-6-12(24)7-9-21/h4-6,8,13H,2-3,7,9-10H2,1H3/t13-/m0/s1. The van der Waals surface area contributed by atoms with E-state index in [4.69, 9.17) is 4.74 Å². The number of Topliss-reactive ketones (excluding diaryl/α,β-unsaturated/α-hetero) is 1. The van der Waals surface area contributed by atoms with Crippen molar-refractivity contribution in [3.63, 3.8) is 0 Å². The van der Waals surface area contributed by atoms with Gasteiger partial charge in [-0.25, -0.2) is 13.6 Å². The van der Waals surface area contributed by atoms with Gasteiger partial charge in [0.25, 0.3) is 0 Å². The number of anilines is 2. The number of ether oxygens (including phenoxy) is 1. The Morgan fingerprint density at radius 2 is 1.92 bits per heavy atom. The molecule has 26 heavy (non-hydrogen) atoms. The Balaban J connectivity index is 1.80. The Labute approximate surface area is 149 Å². The third-order valence-electron chi connectivity index (χ3n) is 4.37. The molecule has 1 amide bonds. The highest BCUT2D eigenvalue weighted by atomic mass is 19.2. The molecule has 1 atom stereocenters. The van der Waals surface area contributed by atoms with Crippen LogP contribution in [0.15, 0.2) is 24.4 Å². The van der Waals surface area contributed by atoms with Crippen LogP contribution in [0, 0.1) is 11.6 Å². The predicted octanol–water partition coefficient (Wildman–Crippen LogP) is 2.95. The molecule has 1 aromatic carbocycles. The summed E-state index contributed by atoms with van der Waals surface area (Å²) in [7, 11) is 0. The number of benzene rings is 1. The number of carbonyl (C=O) groups excluding carboxylic acids is 3. The van der Waals surface area contributed by atoms with E-state index in [-0.39, 0.29) is 48.9 Å². The summed E-state index contributed by atoms with van der Waals surface area (Å²) in [6.07, 6.45) is 2.22. The average Bonchev–Trinajstić information content (AvgIpc) is 2.97. The molecule has 0 spiro atoms. The molecule has 3 rings (SSSR count). The van der Waals surface area contributed by atoms with Crippen molar-refractivity contribution in [2.45, 2.75) is 32.3 Å². The molecule has 2 aliphatic rings. The van der Waals surface area contributed by atoms with Gasteiger partial charge in [0.2, 0.25) is 0 Å². The molecule has 0 aromatic heterocycles. The van der Waals surface area contributed by atoms with Crippen LogP contribution in [0.2, 0.25) is 0 Å². The molecule has 1 aromatic rings. The SMILES string of the molecule is CC(=O)CC[C@H]1CN(c2ccc(N3C=CC(=O)CC3)c(F)c2F)C(=O)O1. The van der Waals surface area contributed by atoms with Gasteiger partial charge in [0.1, 0.15) is 11.9 Å². The van der Waals surface area contributed by atoms with Gasteiger partial charge in [-0.1, -0.05) is 0 Å². The Hall–Kier alpha value is -2.77. The van der Waals surface area contributed by atoms with Gasteiger partial charge in [0.15, 0.2) is 17.4 Å². The zero-order valence-electron chi connectivity index (χ0n) is 14.2. The first kappa shape index (κ1) is 18.0. The van der Waals surface area contributed by atoms with Crippen LogP contribution in [0.3, 0.4) is 0 Å². The summed E-state index contributed by atoms with van der Waals surface area (Å²) in [5.41, 5.74) is -0.214.